The summed E-state index contributed by atoms with van der Waals surface area (Å²) in [4.78, 5) is 10.1. The first-order valence-electron chi connectivity index (χ1n) is 3.94. The normalized spacial score (nSPS) is 12.5. The topological polar surface area (TPSA) is 63.4 Å². The van der Waals surface area contributed by atoms with Crippen molar-refractivity contribution in [1.82, 2.24) is 0 Å². The molecule has 1 radical (unpaired) electrons. The molecule has 0 bridgehead atoms. The van der Waals surface area contributed by atoms with Crippen LogP contribution in [-0.2, 0) is 0 Å². The molecule has 0 saturated carbocycles. The molecular formula is C9H9BrNO3. The Morgan fingerprint density at radius 1 is 1.64 bits per heavy atom. The van der Waals surface area contributed by atoms with Gasteiger partial charge in [0.2, 0.25) is 0 Å². The summed E-state index contributed by atoms with van der Waals surface area (Å²) in [6, 6.07) is 4.70. The van der Waals surface area contributed by atoms with Gasteiger partial charge in [-0.3, -0.25) is 10.1 Å². The smallest absolute Gasteiger partial charge is 0.283 e. The van der Waals surface area contributed by atoms with Crippen molar-refractivity contribution in [3.8, 4) is 0 Å². The first-order valence-corrected chi connectivity index (χ1v) is 4.73. The number of halogens is 1. The summed E-state index contributed by atoms with van der Waals surface area (Å²) in [5.41, 5.74) is 0.645. The second kappa shape index (κ2) is 4.52. The van der Waals surface area contributed by atoms with E-state index in [1.807, 2.05) is 0 Å². The Morgan fingerprint density at radius 3 is 2.79 bits per heavy atom. The van der Waals surface area contributed by atoms with E-state index < -0.39 is 4.92 Å². The van der Waals surface area contributed by atoms with E-state index in [9.17, 15) is 10.1 Å². The third-order valence-electron chi connectivity index (χ3n) is 1.86. The molecule has 0 amide bonds. The number of aliphatic hydroxyl groups is 1. The highest BCUT2D eigenvalue weighted by Gasteiger charge is 2.14. The van der Waals surface area contributed by atoms with E-state index in [0.29, 0.717) is 10.0 Å². The summed E-state index contributed by atoms with van der Waals surface area (Å²) in [5, 5.41) is 19.4. The molecule has 1 atom stereocenters. The average Bonchev–Trinajstić information content (AvgIpc) is 2.17. The van der Waals surface area contributed by atoms with Gasteiger partial charge in [0, 0.05) is 18.6 Å². The average molecular weight is 259 g/mol. The first kappa shape index (κ1) is 11.1. The zero-order valence-corrected chi connectivity index (χ0v) is 8.90. The predicted octanol–water partition coefficient (Wildman–Crippen LogP) is 2.27. The third-order valence-corrected chi connectivity index (χ3v) is 2.53. The number of rotatable bonds is 3. The van der Waals surface area contributed by atoms with Gasteiger partial charge in [0.25, 0.3) is 5.69 Å². The minimum Gasteiger partial charge on any atom is -0.396 e. The lowest BCUT2D eigenvalue weighted by molar-refractivity contribution is -0.385. The molecule has 0 heterocycles. The van der Waals surface area contributed by atoms with Crippen molar-refractivity contribution in [2.24, 2.45) is 0 Å². The summed E-state index contributed by atoms with van der Waals surface area (Å²) in [7, 11) is 0. The summed E-state index contributed by atoms with van der Waals surface area (Å²) in [5.74, 6) is -0.332. The molecule has 0 saturated heterocycles. The summed E-state index contributed by atoms with van der Waals surface area (Å²) in [6.45, 7) is 3.54. The van der Waals surface area contributed by atoms with Gasteiger partial charge in [-0.2, -0.15) is 0 Å². The van der Waals surface area contributed by atoms with Gasteiger partial charge >= 0.3 is 0 Å². The highest BCUT2D eigenvalue weighted by Crippen LogP contribution is 2.28. The Labute approximate surface area is 89.8 Å². The molecule has 0 fully saturated rings. The van der Waals surface area contributed by atoms with E-state index in [0.717, 1.165) is 0 Å². The number of benzene rings is 1. The number of nitro groups is 1. The fraction of sp³-hybridized carbons (Fsp3) is 0.222. The van der Waals surface area contributed by atoms with Gasteiger partial charge in [0.1, 0.15) is 0 Å². The molecule has 5 heteroatoms. The van der Waals surface area contributed by atoms with Crippen LogP contribution in [-0.4, -0.2) is 16.6 Å². The van der Waals surface area contributed by atoms with Crippen LogP contribution < -0.4 is 0 Å². The van der Waals surface area contributed by atoms with E-state index in [2.05, 4.69) is 22.9 Å². The molecule has 0 aliphatic rings. The Kier molecular flexibility index (Phi) is 3.60. The van der Waals surface area contributed by atoms with E-state index in [-0.39, 0.29) is 18.2 Å². The molecular weight excluding hydrogens is 250 g/mol. The quantitative estimate of drug-likeness (QED) is 0.668. The number of hydrogen-bond donors (Lipinski definition) is 1. The number of aliphatic hydroxyl groups excluding tert-OH is 1. The fourth-order valence-corrected chi connectivity index (χ4v) is 1.42. The molecule has 1 aromatic carbocycles. The first-order chi connectivity index (χ1) is 6.56. The monoisotopic (exact) mass is 258 g/mol. The van der Waals surface area contributed by atoms with Crippen molar-refractivity contribution in [2.75, 3.05) is 6.61 Å². The standard InChI is InChI=1S/C9H9BrNO3/c1-6(5-12)7-2-3-8(10)9(4-7)11(13)14/h2-4,6,12H,1,5H2. The van der Waals surface area contributed by atoms with Crippen LogP contribution in [0.5, 0.6) is 0 Å². The van der Waals surface area contributed by atoms with Crippen molar-refractivity contribution in [3.63, 3.8) is 0 Å². The highest BCUT2D eigenvalue weighted by molar-refractivity contribution is 9.10. The Balaban J connectivity index is 3.12. The maximum Gasteiger partial charge on any atom is 0.283 e. The van der Waals surface area contributed by atoms with Gasteiger partial charge < -0.3 is 5.11 Å². The van der Waals surface area contributed by atoms with Crippen LogP contribution in [0.25, 0.3) is 0 Å². The van der Waals surface area contributed by atoms with Crippen LogP contribution in [0.3, 0.4) is 0 Å². The van der Waals surface area contributed by atoms with E-state index >= 15 is 0 Å². The van der Waals surface area contributed by atoms with Crippen molar-refractivity contribution in [3.05, 3.63) is 45.3 Å². The minimum atomic E-state index is -0.475. The summed E-state index contributed by atoms with van der Waals surface area (Å²) in [6.07, 6.45) is 0. The van der Waals surface area contributed by atoms with Crippen LogP contribution in [0.2, 0.25) is 0 Å². The van der Waals surface area contributed by atoms with Gasteiger partial charge in [-0.05, 0) is 34.5 Å². The van der Waals surface area contributed by atoms with E-state index in [1.165, 1.54) is 6.07 Å². The van der Waals surface area contributed by atoms with Crippen LogP contribution in [0, 0.1) is 17.0 Å². The zero-order chi connectivity index (χ0) is 10.7. The SMILES string of the molecule is [CH2]C(CO)c1ccc(Br)c([N+](=O)[O-])c1. The van der Waals surface area contributed by atoms with E-state index in [1.54, 1.807) is 12.1 Å². The van der Waals surface area contributed by atoms with Gasteiger partial charge in [0.05, 0.1) is 9.40 Å². The highest BCUT2D eigenvalue weighted by atomic mass is 79.9. The molecule has 75 valence electrons. The minimum absolute atomic E-state index is 0.00963. The number of nitrogens with zero attached hydrogens (tertiary/aromatic N) is 1. The van der Waals surface area contributed by atoms with E-state index in [4.69, 9.17) is 5.11 Å². The molecule has 14 heavy (non-hydrogen) atoms. The van der Waals surface area contributed by atoms with Crippen LogP contribution in [0.15, 0.2) is 22.7 Å². The Hall–Kier alpha value is -0.940. The molecule has 1 rings (SSSR count). The zero-order valence-electron chi connectivity index (χ0n) is 7.31. The predicted molar refractivity (Wildman–Crippen MR) is 56.0 cm³/mol. The molecule has 0 aromatic heterocycles. The Morgan fingerprint density at radius 2 is 2.29 bits per heavy atom. The van der Waals surface area contributed by atoms with Crippen molar-refractivity contribution < 1.29 is 10.0 Å². The molecule has 1 unspecified atom stereocenters. The molecule has 1 aromatic rings. The molecule has 1 N–H and O–H groups in total. The fourth-order valence-electron chi connectivity index (χ4n) is 1.03. The summed E-state index contributed by atoms with van der Waals surface area (Å²) >= 11 is 3.08. The third kappa shape index (κ3) is 2.30. The second-order valence-corrected chi connectivity index (χ2v) is 3.70. The van der Waals surface area contributed by atoms with Gasteiger partial charge in [-0.15, -0.1) is 0 Å². The van der Waals surface area contributed by atoms with Gasteiger partial charge in [0.15, 0.2) is 0 Å². The number of hydrogen-bond acceptors (Lipinski definition) is 3. The lowest BCUT2D eigenvalue weighted by Crippen LogP contribution is -2.00. The lowest BCUT2D eigenvalue weighted by atomic mass is 10.0. The maximum absolute atomic E-state index is 10.6. The maximum atomic E-state index is 10.6. The van der Waals surface area contributed by atoms with Crippen molar-refractivity contribution >= 4 is 21.6 Å². The van der Waals surface area contributed by atoms with Gasteiger partial charge in [-0.1, -0.05) is 6.07 Å². The Bertz CT molecular complexity index is 354. The number of nitro benzene ring substituents is 1. The largest absolute Gasteiger partial charge is 0.396 e. The lowest BCUT2D eigenvalue weighted by Gasteiger charge is -2.07. The molecule has 4 nitrogen and oxygen atoms in total. The van der Waals surface area contributed by atoms with Crippen LogP contribution in [0.1, 0.15) is 11.5 Å². The van der Waals surface area contributed by atoms with Gasteiger partial charge in [-0.25, -0.2) is 0 Å². The molecule has 0 aliphatic carbocycles. The second-order valence-electron chi connectivity index (χ2n) is 2.85. The van der Waals surface area contributed by atoms with Crippen molar-refractivity contribution in [1.29, 1.82) is 0 Å². The van der Waals surface area contributed by atoms with Crippen LogP contribution in [0.4, 0.5) is 5.69 Å². The molecule has 0 spiro atoms. The molecule has 0 aliphatic heterocycles. The summed E-state index contributed by atoms with van der Waals surface area (Å²) < 4.78 is 0.427. The van der Waals surface area contributed by atoms with Crippen molar-refractivity contribution in [2.45, 2.75) is 5.92 Å². The van der Waals surface area contributed by atoms with Crippen LogP contribution >= 0.6 is 15.9 Å².